The lowest BCUT2D eigenvalue weighted by atomic mass is 10.1. The third-order valence-electron chi connectivity index (χ3n) is 16.3. The first kappa shape index (κ1) is 98.9. The molecule has 0 rings (SSSR count). The van der Waals surface area contributed by atoms with E-state index in [1.807, 2.05) is 0 Å². The number of hydrogen-bond donors (Lipinski definition) is 3. The Morgan fingerprint density at radius 2 is 0.500 bits per heavy atom. The Kier molecular flexibility index (Phi) is 72.4. The van der Waals surface area contributed by atoms with Gasteiger partial charge >= 0.3 is 39.5 Å². The quantitative estimate of drug-likeness (QED) is 0.0169. The van der Waals surface area contributed by atoms with Crippen LogP contribution in [0.25, 0.3) is 0 Å². The Morgan fingerprint density at radius 3 is 0.788 bits per heavy atom. The summed E-state index contributed by atoms with van der Waals surface area (Å²) in [7, 11) is -9.98. The molecule has 0 aromatic rings. The van der Waals surface area contributed by atoms with Crippen molar-refractivity contribution in [3.05, 3.63) is 146 Å². The van der Waals surface area contributed by atoms with Crippen molar-refractivity contribution in [1.82, 2.24) is 0 Å². The minimum absolute atomic E-state index is 0.0730. The van der Waals surface area contributed by atoms with Crippen LogP contribution in [0, 0.1) is 0 Å². The smallest absolute Gasteiger partial charge is 0.462 e. The first-order valence-electron chi connectivity index (χ1n) is 40.1. The maximum Gasteiger partial charge on any atom is 0.472 e. The Labute approximate surface area is 630 Å². The first-order valence-corrected chi connectivity index (χ1v) is 43.1. The summed E-state index contributed by atoms with van der Waals surface area (Å²) in [5, 5.41) is 10.6. The molecule has 17 nitrogen and oxygen atoms in total. The van der Waals surface area contributed by atoms with Crippen LogP contribution >= 0.6 is 15.6 Å². The number of esters is 4. The number of rotatable bonds is 74. The second-order valence-corrected chi connectivity index (χ2v) is 29.1. The molecule has 0 spiro atoms. The molecule has 0 saturated heterocycles. The molecule has 0 aliphatic rings. The minimum atomic E-state index is -4.99. The number of hydrogen-bond acceptors (Lipinski definition) is 15. The van der Waals surface area contributed by atoms with E-state index in [2.05, 4.69) is 174 Å². The average Bonchev–Trinajstić information content (AvgIpc) is 0.913. The number of allylic oxidation sites excluding steroid dienone is 24. The molecule has 2 unspecified atom stereocenters. The molecule has 0 aliphatic heterocycles. The van der Waals surface area contributed by atoms with Crippen LogP contribution in [0.15, 0.2) is 146 Å². The molecule has 0 aliphatic carbocycles. The summed E-state index contributed by atoms with van der Waals surface area (Å²) in [4.78, 5) is 73.0. The van der Waals surface area contributed by atoms with Crippen LogP contribution in [-0.4, -0.2) is 96.7 Å². The van der Waals surface area contributed by atoms with Crippen LogP contribution in [-0.2, 0) is 65.4 Å². The van der Waals surface area contributed by atoms with Gasteiger partial charge in [0.1, 0.15) is 19.3 Å². The fourth-order valence-electron chi connectivity index (χ4n) is 10.2. The number of unbranched alkanes of at least 4 members (excludes halogenated alkanes) is 24. The predicted octanol–water partition coefficient (Wildman–Crippen LogP) is 23.4. The lowest BCUT2D eigenvalue weighted by Gasteiger charge is -2.21. The van der Waals surface area contributed by atoms with Crippen molar-refractivity contribution in [3.63, 3.8) is 0 Å². The van der Waals surface area contributed by atoms with Gasteiger partial charge in [-0.05, 0) is 167 Å². The molecule has 0 aromatic carbocycles. The summed E-state index contributed by atoms with van der Waals surface area (Å²) in [6, 6.07) is 0. The number of aliphatic hydroxyl groups excluding tert-OH is 1. The van der Waals surface area contributed by atoms with Gasteiger partial charge in [-0.15, -0.1) is 0 Å². The average molecular weight is 1500 g/mol. The molecule has 0 heterocycles. The second kappa shape index (κ2) is 76.1. The molecule has 3 N–H and O–H groups in total. The molecular formula is C85H142O17P2. The highest BCUT2D eigenvalue weighted by Crippen LogP contribution is 2.45. The van der Waals surface area contributed by atoms with E-state index >= 15 is 0 Å². The SMILES string of the molecule is CC/C=C\C/C=C\C/C=C\C/C=C\C/C=C\CCCCCC(=O)OC[C@H](COP(=O)(O)OCC(O)COP(=O)(O)OC[C@@H](COC(=O)CCCCC/C=C\C/C=C\C/C=C\C/C=C\C/C=C\CC)OC(=O)CCCCCCC/C=C\CCCCCC)OC(=O)CCCCCCC/C=C\CCCCCC. The van der Waals surface area contributed by atoms with Gasteiger partial charge in [0.05, 0.1) is 26.4 Å². The molecule has 0 radical (unpaired) electrons. The highest BCUT2D eigenvalue weighted by Gasteiger charge is 2.30. The van der Waals surface area contributed by atoms with Gasteiger partial charge in [-0.1, -0.05) is 263 Å². The molecule has 594 valence electrons. The van der Waals surface area contributed by atoms with Gasteiger partial charge in [0.25, 0.3) is 0 Å². The number of carbonyl (C=O) groups excluding carboxylic acids is 4. The molecule has 0 aromatic heterocycles. The van der Waals surface area contributed by atoms with E-state index in [-0.39, 0.29) is 25.7 Å². The van der Waals surface area contributed by atoms with Crippen LogP contribution < -0.4 is 0 Å². The van der Waals surface area contributed by atoms with Gasteiger partial charge in [0.2, 0.25) is 0 Å². The zero-order valence-corrected chi connectivity index (χ0v) is 66.7. The maximum absolute atomic E-state index is 13.1. The standard InChI is InChI=1S/C85H142O17P2/c1-5-9-13-17-21-25-29-33-35-37-39-41-43-47-49-53-57-61-65-69-82(87)95-75-80(101-84(89)71-67-63-59-55-51-45-31-27-23-19-15-11-7-3)77-99-103(91,92)97-73-79(86)74-98-104(93,94)100-78-81(102-85(90)72-68-64-60-56-52-46-32-28-24-20-16-12-8-4)76-96-83(88)70-66-62-58-54-50-48-44-42-40-38-36-34-30-26-22-18-14-10-6-2/h9-10,13-14,21-22,25-28,31-36,39-42,47-50,79-81,86H,5-8,11-12,15-20,23-24,29-30,37-38,43-46,51-78H2,1-4H3,(H,91,92)(H,93,94)/b13-9-,14-10-,25-21-,26-22-,31-27-,32-28-,35-33-,36-34-,41-39-,42-40-,49-47-,50-48-/t80-,81-/m1/s1. The van der Waals surface area contributed by atoms with Crippen LogP contribution in [0.4, 0.5) is 0 Å². The number of phosphoric acid groups is 2. The summed E-state index contributed by atoms with van der Waals surface area (Å²) in [5.41, 5.74) is 0. The molecule has 4 atom stereocenters. The Bertz CT molecular complexity index is 2370. The monoisotopic (exact) mass is 1500 g/mol. The Hall–Kier alpha value is -5.06. The van der Waals surface area contributed by atoms with E-state index in [0.29, 0.717) is 25.7 Å². The summed E-state index contributed by atoms with van der Waals surface area (Å²) in [6.07, 6.45) is 86.8. The van der Waals surface area contributed by atoms with Crippen molar-refractivity contribution in [3.8, 4) is 0 Å². The van der Waals surface area contributed by atoms with Crippen molar-refractivity contribution in [1.29, 1.82) is 0 Å². The molecule has 0 fully saturated rings. The van der Waals surface area contributed by atoms with Crippen molar-refractivity contribution < 1.29 is 80.2 Å². The van der Waals surface area contributed by atoms with Crippen LogP contribution in [0.3, 0.4) is 0 Å². The fourth-order valence-corrected chi connectivity index (χ4v) is 11.8. The van der Waals surface area contributed by atoms with Gasteiger partial charge in [0.15, 0.2) is 12.2 Å². The number of phosphoric ester groups is 2. The number of ether oxygens (including phenoxy) is 4. The molecule has 0 amide bonds. The summed E-state index contributed by atoms with van der Waals surface area (Å²) in [5.74, 6) is -2.27. The summed E-state index contributed by atoms with van der Waals surface area (Å²) < 4.78 is 68.5. The summed E-state index contributed by atoms with van der Waals surface area (Å²) >= 11 is 0. The Morgan fingerprint density at radius 1 is 0.279 bits per heavy atom. The van der Waals surface area contributed by atoms with Gasteiger partial charge in [-0.25, -0.2) is 9.13 Å². The number of aliphatic hydroxyl groups is 1. The maximum atomic E-state index is 13.1. The third-order valence-corrected chi connectivity index (χ3v) is 18.2. The van der Waals surface area contributed by atoms with E-state index in [1.165, 1.54) is 51.4 Å². The van der Waals surface area contributed by atoms with Crippen molar-refractivity contribution in [2.24, 2.45) is 0 Å². The second-order valence-electron chi connectivity index (χ2n) is 26.2. The zero-order valence-electron chi connectivity index (χ0n) is 64.9. The molecular weight excluding hydrogens is 1350 g/mol. The first-order chi connectivity index (χ1) is 50.7. The van der Waals surface area contributed by atoms with Gasteiger partial charge in [0, 0.05) is 25.7 Å². The molecule has 0 bridgehead atoms. The van der Waals surface area contributed by atoms with Crippen LogP contribution in [0.5, 0.6) is 0 Å². The van der Waals surface area contributed by atoms with E-state index in [9.17, 15) is 43.2 Å². The zero-order chi connectivity index (χ0) is 76.0. The van der Waals surface area contributed by atoms with E-state index in [1.54, 1.807) is 0 Å². The topological polar surface area (TPSA) is 237 Å². The van der Waals surface area contributed by atoms with Crippen molar-refractivity contribution >= 4 is 39.5 Å². The highest BCUT2D eigenvalue weighted by atomic mass is 31.2. The van der Waals surface area contributed by atoms with Crippen LogP contribution in [0.2, 0.25) is 0 Å². The largest absolute Gasteiger partial charge is 0.472 e. The Balaban J connectivity index is 5.40. The lowest BCUT2D eigenvalue weighted by molar-refractivity contribution is -0.161. The third kappa shape index (κ3) is 75.2. The van der Waals surface area contributed by atoms with E-state index in [0.717, 1.165) is 180 Å². The fraction of sp³-hybridized carbons (Fsp3) is 0.671. The highest BCUT2D eigenvalue weighted by molar-refractivity contribution is 7.47. The lowest BCUT2D eigenvalue weighted by Crippen LogP contribution is -2.30. The van der Waals surface area contributed by atoms with Gasteiger partial charge < -0.3 is 33.8 Å². The normalized spacial score (nSPS) is 14.6. The van der Waals surface area contributed by atoms with Gasteiger partial charge in [-0.3, -0.25) is 37.3 Å². The molecule has 19 heteroatoms. The summed E-state index contributed by atoms with van der Waals surface area (Å²) in [6.45, 7) is 4.52. The van der Waals surface area contributed by atoms with Crippen molar-refractivity contribution in [2.75, 3.05) is 39.6 Å². The van der Waals surface area contributed by atoms with E-state index < -0.39 is 97.5 Å². The molecule has 0 saturated carbocycles. The number of carbonyl (C=O) groups is 4. The van der Waals surface area contributed by atoms with Crippen LogP contribution in [0.1, 0.15) is 310 Å². The van der Waals surface area contributed by atoms with E-state index in [4.69, 9.17) is 37.0 Å². The van der Waals surface area contributed by atoms with Gasteiger partial charge in [-0.2, -0.15) is 0 Å². The molecule has 104 heavy (non-hydrogen) atoms. The van der Waals surface area contributed by atoms with Crippen molar-refractivity contribution in [2.45, 2.75) is 329 Å². The predicted molar refractivity (Wildman–Crippen MR) is 427 cm³/mol. The minimum Gasteiger partial charge on any atom is -0.462 e.